The van der Waals surface area contributed by atoms with Crippen molar-refractivity contribution in [2.75, 3.05) is 13.2 Å². The van der Waals surface area contributed by atoms with Crippen LogP contribution < -0.4 is 15.6 Å². The summed E-state index contributed by atoms with van der Waals surface area (Å²) in [6.07, 6.45) is 3.01. The smallest absolute Gasteiger partial charge is 0.264 e. The molecule has 1 N–H and O–H groups in total. The van der Waals surface area contributed by atoms with Crippen molar-refractivity contribution < 1.29 is 9.53 Å². The summed E-state index contributed by atoms with van der Waals surface area (Å²) in [6, 6.07) is 14.8. The summed E-state index contributed by atoms with van der Waals surface area (Å²) < 4.78 is 8.60. The lowest BCUT2D eigenvalue weighted by Crippen LogP contribution is -2.31. The third kappa shape index (κ3) is 5.15. The number of hydrogen-bond donors (Lipinski definition) is 1. The fraction of sp³-hybridized carbons (Fsp3) is 0.217. The molecular weight excluding hydrogens is 430 g/mol. The van der Waals surface area contributed by atoms with Crippen molar-refractivity contribution in [2.45, 2.75) is 20.0 Å². The summed E-state index contributed by atoms with van der Waals surface area (Å²) in [5.41, 5.74) is 2.37. The van der Waals surface area contributed by atoms with Gasteiger partial charge in [-0.15, -0.1) is 0 Å². The minimum absolute atomic E-state index is 0.0728. The summed E-state index contributed by atoms with van der Waals surface area (Å²) >= 11 is 5.91. The Morgan fingerprint density at radius 1 is 1.12 bits per heavy atom. The first-order chi connectivity index (χ1) is 15.5. The average Bonchev–Trinajstić information content (AvgIpc) is 3.20. The number of hydrogen-bond acceptors (Lipinski definition) is 5. The molecule has 0 bridgehead atoms. The third-order valence-electron chi connectivity index (χ3n) is 4.93. The van der Waals surface area contributed by atoms with Gasteiger partial charge in [-0.2, -0.15) is 5.10 Å². The highest BCUT2D eigenvalue weighted by Gasteiger charge is 2.11. The van der Waals surface area contributed by atoms with Crippen molar-refractivity contribution >= 4 is 28.5 Å². The number of carbonyl (C=O) groups is 1. The number of aryl methyl sites for hydroxylation is 1. The monoisotopic (exact) mass is 451 g/mol. The normalized spacial score (nSPS) is 10.9. The maximum absolute atomic E-state index is 12.8. The van der Waals surface area contributed by atoms with E-state index in [-0.39, 0.29) is 18.1 Å². The van der Waals surface area contributed by atoms with E-state index in [0.717, 1.165) is 11.1 Å². The first kappa shape index (κ1) is 21.6. The van der Waals surface area contributed by atoms with E-state index in [1.165, 1.54) is 17.1 Å². The Balaban J connectivity index is 1.34. The van der Waals surface area contributed by atoms with Gasteiger partial charge >= 0.3 is 0 Å². The molecule has 0 saturated carbocycles. The number of nitrogens with one attached hydrogen (secondary N) is 1. The summed E-state index contributed by atoms with van der Waals surface area (Å²) in [6.45, 7) is 3.02. The molecule has 2 heterocycles. The van der Waals surface area contributed by atoms with Gasteiger partial charge in [0.15, 0.2) is 12.3 Å². The molecule has 164 valence electrons. The van der Waals surface area contributed by atoms with Crippen LogP contribution in [0, 0.1) is 6.92 Å². The van der Waals surface area contributed by atoms with Gasteiger partial charge in [0.25, 0.3) is 11.5 Å². The molecule has 0 saturated heterocycles. The van der Waals surface area contributed by atoms with Crippen LogP contribution in [0.15, 0.2) is 65.8 Å². The van der Waals surface area contributed by atoms with E-state index in [0.29, 0.717) is 41.4 Å². The largest absolute Gasteiger partial charge is 0.484 e. The van der Waals surface area contributed by atoms with Crippen molar-refractivity contribution in [3.63, 3.8) is 0 Å². The van der Waals surface area contributed by atoms with Crippen molar-refractivity contribution in [3.05, 3.63) is 87.6 Å². The highest BCUT2D eigenvalue weighted by atomic mass is 35.5. The van der Waals surface area contributed by atoms with Gasteiger partial charge in [-0.25, -0.2) is 9.67 Å². The van der Waals surface area contributed by atoms with Crippen molar-refractivity contribution in [1.29, 1.82) is 0 Å². The molecule has 2 aromatic carbocycles. The molecule has 4 rings (SSSR count). The quantitative estimate of drug-likeness (QED) is 0.445. The molecular formula is C23H22ClN5O3. The van der Waals surface area contributed by atoms with Gasteiger partial charge in [0, 0.05) is 11.6 Å². The Kier molecular flexibility index (Phi) is 6.51. The molecule has 4 aromatic rings. The minimum atomic E-state index is -0.236. The number of rotatable bonds is 8. The predicted molar refractivity (Wildman–Crippen MR) is 122 cm³/mol. The second kappa shape index (κ2) is 9.65. The van der Waals surface area contributed by atoms with E-state index in [1.54, 1.807) is 16.8 Å². The third-order valence-corrected chi connectivity index (χ3v) is 5.18. The summed E-state index contributed by atoms with van der Waals surface area (Å²) in [5.74, 6) is 0.406. The molecule has 0 aliphatic rings. The first-order valence-corrected chi connectivity index (χ1v) is 10.5. The maximum Gasteiger partial charge on any atom is 0.264 e. The van der Waals surface area contributed by atoms with Crippen LogP contribution in [0.5, 0.6) is 5.75 Å². The summed E-state index contributed by atoms with van der Waals surface area (Å²) in [7, 11) is 0. The number of fused-ring (bicyclic) bond motifs is 1. The van der Waals surface area contributed by atoms with Gasteiger partial charge < -0.3 is 10.1 Å². The van der Waals surface area contributed by atoms with Crippen LogP contribution in [0.3, 0.4) is 0 Å². The Labute approximate surface area is 189 Å². The average molecular weight is 452 g/mol. The van der Waals surface area contributed by atoms with Crippen LogP contribution in [0.4, 0.5) is 0 Å². The van der Waals surface area contributed by atoms with Crippen molar-refractivity contribution in [3.8, 4) is 5.75 Å². The number of aromatic nitrogens is 4. The first-order valence-electron chi connectivity index (χ1n) is 10.1. The van der Waals surface area contributed by atoms with E-state index < -0.39 is 0 Å². The topological polar surface area (TPSA) is 91.0 Å². The SMILES string of the molecule is Cc1ccc(OCC(=O)NCCn2ncc3c(=O)n(Cc4ccc(Cl)cc4)cnc32)cc1. The van der Waals surface area contributed by atoms with E-state index in [2.05, 4.69) is 15.4 Å². The molecule has 32 heavy (non-hydrogen) atoms. The number of carbonyl (C=O) groups excluding carboxylic acids is 1. The lowest BCUT2D eigenvalue weighted by Gasteiger charge is -2.09. The molecule has 1 amide bonds. The van der Waals surface area contributed by atoms with Crippen LogP contribution in [0.1, 0.15) is 11.1 Å². The van der Waals surface area contributed by atoms with Gasteiger partial charge in [0.05, 0.1) is 19.3 Å². The number of nitrogens with zero attached hydrogens (tertiary/aromatic N) is 4. The maximum atomic E-state index is 12.8. The minimum Gasteiger partial charge on any atom is -0.484 e. The number of halogens is 1. The van der Waals surface area contributed by atoms with E-state index in [9.17, 15) is 9.59 Å². The van der Waals surface area contributed by atoms with Gasteiger partial charge in [0.2, 0.25) is 0 Å². The number of amides is 1. The van der Waals surface area contributed by atoms with E-state index in [1.807, 2.05) is 43.3 Å². The van der Waals surface area contributed by atoms with Crippen LogP contribution in [0.25, 0.3) is 11.0 Å². The lowest BCUT2D eigenvalue weighted by atomic mass is 10.2. The lowest BCUT2D eigenvalue weighted by molar-refractivity contribution is -0.123. The van der Waals surface area contributed by atoms with Crippen LogP contribution >= 0.6 is 11.6 Å². The van der Waals surface area contributed by atoms with E-state index >= 15 is 0 Å². The van der Waals surface area contributed by atoms with E-state index in [4.69, 9.17) is 16.3 Å². The fourth-order valence-electron chi connectivity index (χ4n) is 3.20. The molecule has 9 heteroatoms. The predicted octanol–water partition coefficient (Wildman–Crippen LogP) is 2.80. The van der Waals surface area contributed by atoms with Crippen LogP contribution in [-0.2, 0) is 17.9 Å². The molecule has 0 atom stereocenters. The van der Waals surface area contributed by atoms with Crippen LogP contribution in [0.2, 0.25) is 5.02 Å². The zero-order valence-electron chi connectivity index (χ0n) is 17.5. The Hall–Kier alpha value is -3.65. The molecule has 8 nitrogen and oxygen atoms in total. The highest BCUT2D eigenvalue weighted by molar-refractivity contribution is 6.30. The zero-order chi connectivity index (χ0) is 22.5. The Bertz CT molecular complexity index is 1280. The Morgan fingerprint density at radius 3 is 2.62 bits per heavy atom. The van der Waals surface area contributed by atoms with Gasteiger partial charge in [-0.05, 0) is 36.8 Å². The van der Waals surface area contributed by atoms with Crippen molar-refractivity contribution in [1.82, 2.24) is 24.6 Å². The molecule has 0 spiro atoms. The standard InChI is InChI=1S/C23H22ClN5O3/c1-16-2-8-19(9-3-16)32-14-21(30)25-10-11-29-22-20(12-27-29)23(31)28(15-26-22)13-17-4-6-18(24)7-5-17/h2-9,12,15H,10-11,13-14H2,1H3,(H,25,30). The molecule has 2 aromatic heterocycles. The molecule has 0 aliphatic heterocycles. The molecule has 0 fully saturated rings. The second-order valence-corrected chi connectivity index (χ2v) is 7.80. The van der Waals surface area contributed by atoms with Gasteiger partial charge in [0.1, 0.15) is 17.5 Å². The number of benzene rings is 2. The second-order valence-electron chi connectivity index (χ2n) is 7.36. The molecule has 0 aliphatic carbocycles. The Morgan fingerprint density at radius 2 is 1.88 bits per heavy atom. The zero-order valence-corrected chi connectivity index (χ0v) is 18.2. The molecule has 0 radical (unpaired) electrons. The summed E-state index contributed by atoms with van der Waals surface area (Å²) in [5, 5.41) is 8.11. The summed E-state index contributed by atoms with van der Waals surface area (Å²) in [4.78, 5) is 29.2. The molecule has 0 unspecified atom stereocenters. The van der Waals surface area contributed by atoms with Gasteiger partial charge in [-0.3, -0.25) is 14.2 Å². The van der Waals surface area contributed by atoms with Gasteiger partial charge in [-0.1, -0.05) is 41.4 Å². The van der Waals surface area contributed by atoms with Crippen molar-refractivity contribution in [2.24, 2.45) is 0 Å². The van der Waals surface area contributed by atoms with Crippen LogP contribution in [-0.4, -0.2) is 38.4 Å². The highest BCUT2D eigenvalue weighted by Crippen LogP contribution is 2.12. The fourth-order valence-corrected chi connectivity index (χ4v) is 3.32. The number of ether oxygens (including phenoxy) is 1.